The van der Waals surface area contributed by atoms with Gasteiger partial charge in [-0.25, -0.2) is 4.39 Å². The molecule has 0 atom stereocenters. The number of halogens is 1. The molecule has 168 valence electrons. The van der Waals surface area contributed by atoms with Gasteiger partial charge in [-0.2, -0.15) is 0 Å². The normalized spacial score (nSPS) is 14.7. The molecule has 3 aromatic rings. The molecule has 1 aliphatic rings. The van der Waals surface area contributed by atoms with E-state index in [1.54, 1.807) is 30.3 Å². The lowest BCUT2D eigenvalue weighted by molar-refractivity contribution is -0.123. The summed E-state index contributed by atoms with van der Waals surface area (Å²) < 4.78 is 24.4. The van der Waals surface area contributed by atoms with Gasteiger partial charge in [0, 0.05) is 0 Å². The molecule has 0 aliphatic carbocycles. The zero-order chi connectivity index (χ0) is 23.2. The zero-order valence-corrected chi connectivity index (χ0v) is 18.8. The number of carbonyl (C=O) groups excluding carboxylic acids is 2. The number of amides is 2. The summed E-state index contributed by atoms with van der Waals surface area (Å²) in [5, 5.41) is -0.343. The average molecular weight is 464 g/mol. The number of thioether (sulfide) groups is 1. The number of hydrogen-bond donors (Lipinski definition) is 0. The van der Waals surface area contributed by atoms with Gasteiger partial charge in [-0.05, 0) is 72.3 Å². The largest absolute Gasteiger partial charge is 0.490 e. The van der Waals surface area contributed by atoms with Crippen LogP contribution in [0.3, 0.4) is 0 Å². The van der Waals surface area contributed by atoms with Crippen molar-refractivity contribution < 1.29 is 23.5 Å². The van der Waals surface area contributed by atoms with E-state index < -0.39 is 0 Å². The predicted octanol–water partition coefficient (Wildman–Crippen LogP) is 5.83. The Hall–Kier alpha value is -3.58. The molecule has 1 fully saturated rings. The molecule has 5 nitrogen and oxygen atoms in total. The fraction of sp³-hybridized carbons (Fsp3) is 0.154. The summed E-state index contributed by atoms with van der Waals surface area (Å²) in [5.74, 6) is 0.763. The molecule has 0 saturated carbocycles. The van der Waals surface area contributed by atoms with Crippen LogP contribution in [0.2, 0.25) is 0 Å². The van der Waals surface area contributed by atoms with Crippen molar-refractivity contribution in [3.05, 3.63) is 100 Å². The molecule has 1 heterocycles. The van der Waals surface area contributed by atoms with E-state index in [0.29, 0.717) is 29.4 Å². The number of rotatable bonds is 8. The van der Waals surface area contributed by atoms with Gasteiger partial charge in [-0.1, -0.05) is 42.0 Å². The molecule has 0 spiro atoms. The molecule has 0 bridgehead atoms. The smallest absolute Gasteiger partial charge is 0.293 e. The van der Waals surface area contributed by atoms with Crippen LogP contribution in [0.15, 0.2) is 77.7 Å². The number of benzene rings is 3. The maximum atomic E-state index is 13.1. The van der Waals surface area contributed by atoms with Gasteiger partial charge < -0.3 is 9.47 Å². The predicted molar refractivity (Wildman–Crippen MR) is 127 cm³/mol. The minimum absolute atomic E-state index is 0.111. The molecule has 0 N–H and O–H groups in total. The molecule has 4 rings (SSSR count). The Labute approximate surface area is 195 Å². The highest BCUT2D eigenvalue weighted by atomic mass is 32.2. The van der Waals surface area contributed by atoms with E-state index in [0.717, 1.165) is 28.0 Å². The fourth-order valence-electron chi connectivity index (χ4n) is 3.17. The molecule has 1 saturated heterocycles. The van der Waals surface area contributed by atoms with E-state index >= 15 is 0 Å². The maximum absolute atomic E-state index is 13.1. The van der Waals surface area contributed by atoms with Crippen molar-refractivity contribution >= 4 is 29.0 Å². The van der Waals surface area contributed by atoms with Crippen LogP contribution in [0, 0.1) is 12.7 Å². The van der Waals surface area contributed by atoms with E-state index in [1.807, 2.05) is 43.3 Å². The minimum Gasteiger partial charge on any atom is -0.490 e. The van der Waals surface area contributed by atoms with Gasteiger partial charge in [0.25, 0.3) is 11.1 Å². The number of hydrogen-bond acceptors (Lipinski definition) is 5. The van der Waals surface area contributed by atoms with Gasteiger partial charge in [-0.15, -0.1) is 0 Å². The van der Waals surface area contributed by atoms with Crippen molar-refractivity contribution in [3.63, 3.8) is 0 Å². The Bertz CT molecular complexity index is 1160. The monoisotopic (exact) mass is 463 g/mol. The molecule has 2 amide bonds. The molecule has 0 radical (unpaired) electrons. The van der Waals surface area contributed by atoms with Crippen LogP contribution in [-0.2, 0) is 11.3 Å². The molecule has 33 heavy (non-hydrogen) atoms. The number of nitrogens with zero attached hydrogens (tertiary/aromatic N) is 1. The van der Waals surface area contributed by atoms with Crippen LogP contribution in [0.1, 0.15) is 16.7 Å². The van der Waals surface area contributed by atoms with Crippen LogP contribution in [0.4, 0.5) is 9.18 Å². The first-order chi connectivity index (χ1) is 16.0. The van der Waals surface area contributed by atoms with E-state index in [-0.39, 0.29) is 23.5 Å². The van der Waals surface area contributed by atoms with Gasteiger partial charge in [0.05, 0.1) is 11.4 Å². The molecule has 0 aromatic heterocycles. The van der Waals surface area contributed by atoms with Gasteiger partial charge in [0.15, 0.2) is 0 Å². The average Bonchev–Trinajstić information content (AvgIpc) is 3.07. The molecular formula is C26H22FNO4S. The number of ether oxygens (including phenoxy) is 2. The molecule has 0 unspecified atom stereocenters. The van der Waals surface area contributed by atoms with Crippen molar-refractivity contribution in [1.29, 1.82) is 0 Å². The molecular weight excluding hydrogens is 441 g/mol. The summed E-state index contributed by atoms with van der Waals surface area (Å²) in [4.78, 5) is 26.5. The number of imide groups is 1. The van der Waals surface area contributed by atoms with Crippen LogP contribution in [-0.4, -0.2) is 29.3 Å². The van der Waals surface area contributed by atoms with Gasteiger partial charge >= 0.3 is 0 Å². The Kier molecular flexibility index (Phi) is 7.10. The van der Waals surface area contributed by atoms with Crippen molar-refractivity contribution in [1.82, 2.24) is 4.90 Å². The summed E-state index contributed by atoms with van der Waals surface area (Å²) >= 11 is 0.896. The lowest BCUT2D eigenvalue weighted by Gasteiger charge is -2.12. The van der Waals surface area contributed by atoms with Gasteiger partial charge in [0.2, 0.25) is 0 Å². The van der Waals surface area contributed by atoms with Crippen LogP contribution >= 0.6 is 11.8 Å². The summed E-state index contributed by atoms with van der Waals surface area (Å²) in [5.41, 5.74) is 2.65. The maximum Gasteiger partial charge on any atom is 0.293 e. The highest BCUT2D eigenvalue weighted by Crippen LogP contribution is 2.33. The van der Waals surface area contributed by atoms with E-state index in [1.165, 1.54) is 17.7 Å². The quantitative estimate of drug-likeness (QED) is 0.311. The van der Waals surface area contributed by atoms with Crippen molar-refractivity contribution in [2.75, 3.05) is 13.2 Å². The lowest BCUT2D eigenvalue weighted by atomic mass is 10.2. The van der Waals surface area contributed by atoms with Crippen LogP contribution in [0.25, 0.3) is 6.08 Å². The van der Waals surface area contributed by atoms with Crippen molar-refractivity contribution in [2.24, 2.45) is 0 Å². The van der Waals surface area contributed by atoms with Crippen LogP contribution in [0.5, 0.6) is 11.5 Å². The topological polar surface area (TPSA) is 55.8 Å². The summed E-state index contributed by atoms with van der Waals surface area (Å²) in [7, 11) is 0. The summed E-state index contributed by atoms with van der Waals surface area (Å²) in [6.07, 6.45) is 1.68. The third kappa shape index (κ3) is 6.02. The second kappa shape index (κ2) is 10.4. The van der Waals surface area contributed by atoms with Crippen molar-refractivity contribution in [2.45, 2.75) is 13.5 Å². The van der Waals surface area contributed by atoms with Gasteiger partial charge in [-0.3, -0.25) is 14.5 Å². The second-order valence-corrected chi connectivity index (χ2v) is 8.47. The Balaban J connectivity index is 1.30. The molecule has 7 heteroatoms. The Morgan fingerprint density at radius 2 is 1.42 bits per heavy atom. The van der Waals surface area contributed by atoms with Gasteiger partial charge in [0.1, 0.15) is 30.5 Å². The highest BCUT2D eigenvalue weighted by Gasteiger charge is 2.34. The SMILES string of the molecule is Cc1ccc(OCCOc2ccc(/C=C3\SC(=O)N(Cc4ccc(F)cc4)C3=O)cc2)cc1. The van der Waals surface area contributed by atoms with Crippen LogP contribution < -0.4 is 9.47 Å². The standard InChI is InChI=1S/C26H22FNO4S/c1-18-2-10-22(11-3-18)31-14-15-32-23-12-6-19(7-13-23)16-24-25(29)28(26(30)33-24)17-20-4-8-21(27)9-5-20/h2-13,16H,14-15,17H2,1H3/b24-16-. The lowest BCUT2D eigenvalue weighted by Crippen LogP contribution is -2.27. The summed E-state index contributed by atoms with van der Waals surface area (Å²) in [6, 6.07) is 20.8. The first-order valence-electron chi connectivity index (χ1n) is 10.4. The number of carbonyl (C=O) groups is 2. The van der Waals surface area contributed by atoms with E-state index in [9.17, 15) is 14.0 Å². The van der Waals surface area contributed by atoms with E-state index in [2.05, 4.69) is 0 Å². The summed E-state index contributed by atoms with van der Waals surface area (Å²) in [6.45, 7) is 2.96. The fourth-order valence-corrected chi connectivity index (χ4v) is 4.01. The minimum atomic E-state index is -0.362. The van der Waals surface area contributed by atoms with E-state index in [4.69, 9.17) is 9.47 Å². The Morgan fingerprint density at radius 3 is 2.03 bits per heavy atom. The van der Waals surface area contributed by atoms with Crippen molar-refractivity contribution in [3.8, 4) is 11.5 Å². The second-order valence-electron chi connectivity index (χ2n) is 7.47. The third-order valence-electron chi connectivity index (χ3n) is 4.95. The third-order valence-corrected chi connectivity index (χ3v) is 5.85. The first-order valence-corrected chi connectivity index (χ1v) is 11.2. The number of aryl methyl sites for hydroxylation is 1. The first kappa shape index (κ1) is 22.6. The molecule has 1 aliphatic heterocycles. The molecule has 3 aromatic carbocycles. The Morgan fingerprint density at radius 1 is 0.848 bits per heavy atom. The zero-order valence-electron chi connectivity index (χ0n) is 18.0. The highest BCUT2D eigenvalue weighted by molar-refractivity contribution is 8.18.